The van der Waals surface area contributed by atoms with Gasteiger partial charge in [-0.15, -0.1) is 0 Å². The molecule has 4 aromatic rings. The third-order valence-electron chi connectivity index (χ3n) is 6.06. The summed E-state index contributed by atoms with van der Waals surface area (Å²) in [5.74, 6) is 0. The van der Waals surface area contributed by atoms with Crippen molar-refractivity contribution >= 4 is 29.4 Å². The van der Waals surface area contributed by atoms with Crippen LogP contribution < -0.4 is 0 Å². The van der Waals surface area contributed by atoms with Crippen LogP contribution in [0.5, 0.6) is 0 Å². The van der Waals surface area contributed by atoms with Crippen molar-refractivity contribution in [2.75, 3.05) is 0 Å². The number of benzene rings is 2. The van der Waals surface area contributed by atoms with Crippen molar-refractivity contribution in [1.29, 1.82) is 0 Å². The smallest absolute Gasteiger partial charge is 0.343 e. The molecule has 6 heteroatoms. The molecule has 2 aromatic carbocycles. The van der Waals surface area contributed by atoms with E-state index in [1.54, 1.807) is 0 Å². The number of aryl methyl sites for hydroxylation is 4. The van der Waals surface area contributed by atoms with Crippen LogP contribution in [-0.2, 0) is 27.7 Å². The fourth-order valence-electron chi connectivity index (χ4n) is 4.90. The minimum absolute atomic E-state index is 0.600. The molecule has 0 aliphatic rings. The van der Waals surface area contributed by atoms with Crippen LogP contribution in [-0.4, -0.2) is 20.3 Å². The number of hydrogen-bond acceptors (Lipinski definition) is 3. The van der Waals surface area contributed by atoms with Gasteiger partial charge in [0.1, 0.15) is 5.66 Å². The molecule has 0 aliphatic carbocycles. The number of rotatable bonds is 5. The van der Waals surface area contributed by atoms with Crippen molar-refractivity contribution in [2.24, 2.45) is 14.1 Å². The lowest BCUT2D eigenvalue weighted by Crippen LogP contribution is -2.26. The maximum Gasteiger partial charge on any atom is 0.343 e. The molecule has 5 nitrogen and oxygen atoms in total. The third kappa shape index (κ3) is 5.14. The molecule has 0 saturated carbocycles. The van der Waals surface area contributed by atoms with Crippen LogP contribution >= 0.6 is 7.60 Å². The van der Waals surface area contributed by atoms with Gasteiger partial charge in [0.05, 0.1) is 11.2 Å². The van der Waals surface area contributed by atoms with Gasteiger partial charge in [-0.1, -0.05) is 23.3 Å². The molecular formula is C29H39N2O3P. The Bertz CT molecular complexity index is 1340. The van der Waals surface area contributed by atoms with E-state index in [1.807, 2.05) is 55.6 Å². The largest absolute Gasteiger partial charge is 0.350 e. The van der Waals surface area contributed by atoms with Crippen molar-refractivity contribution in [1.82, 2.24) is 9.13 Å². The molecule has 2 aromatic heterocycles. The molecule has 0 bridgehead atoms. The lowest BCUT2D eigenvalue weighted by Gasteiger charge is -2.36. The van der Waals surface area contributed by atoms with Gasteiger partial charge in [-0.3, -0.25) is 4.57 Å². The highest BCUT2D eigenvalue weighted by Gasteiger charge is 2.46. The van der Waals surface area contributed by atoms with Gasteiger partial charge in [0.25, 0.3) is 0 Å². The molecule has 0 fully saturated rings. The number of nitrogens with zero attached hydrogens (tertiary/aromatic N) is 2. The Balaban J connectivity index is 2.12. The van der Waals surface area contributed by atoms with Gasteiger partial charge >= 0.3 is 7.60 Å². The van der Waals surface area contributed by atoms with Crippen molar-refractivity contribution in [3.05, 3.63) is 71.0 Å². The molecule has 0 spiro atoms. The van der Waals surface area contributed by atoms with Crippen molar-refractivity contribution in [3.63, 3.8) is 0 Å². The minimum Gasteiger partial charge on any atom is -0.350 e. The van der Waals surface area contributed by atoms with Gasteiger partial charge < -0.3 is 18.2 Å². The molecule has 4 rings (SSSR count). The first-order valence-electron chi connectivity index (χ1n) is 12.2. The van der Waals surface area contributed by atoms with Crippen molar-refractivity contribution in [3.8, 4) is 0 Å². The summed E-state index contributed by atoms with van der Waals surface area (Å²) in [5, 5.41) is 2.13. The normalized spacial score (nSPS) is 13.5. The first-order valence-corrected chi connectivity index (χ1v) is 13.8. The molecule has 0 N–H and O–H groups in total. The monoisotopic (exact) mass is 494 g/mol. The second-order valence-corrected chi connectivity index (χ2v) is 13.7. The van der Waals surface area contributed by atoms with Crippen LogP contribution in [0.3, 0.4) is 0 Å². The van der Waals surface area contributed by atoms with E-state index in [1.165, 1.54) is 0 Å². The molecule has 0 aliphatic heterocycles. The second-order valence-electron chi connectivity index (χ2n) is 11.8. The van der Waals surface area contributed by atoms with Crippen molar-refractivity contribution < 1.29 is 13.6 Å². The SMILES string of the molecule is Cc1ccc2c(c1)c(C(c1cn(C)c3ccc(C)cc13)P(=O)(OC(C)(C)C)OC(C)(C)C)cn2C. The Morgan fingerprint density at radius 3 is 1.43 bits per heavy atom. The topological polar surface area (TPSA) is 45.4 Å². The fraction of sp³-hybridized carbons (Fsp3) is 0.448. The summed E-state index contributed by atoms with van der Waals surface area (Å²) in [6, 6.07) is 12.8. The summed E-state index contributed by atoms with van der Waals surface area (Å²) in [6.07, 6.45) is 4.18. The Morgan fingerprint density at radius 2 is 1.09 bits per heavy atom. The summed E-state index contributed by atoms with van der Waals surface area (Å²) < 4.78 is 32.3. The molecule has 0 radical (unpaired) electrons. The standard InChI is InChI=1S/C29H39N2O3P/c1-19-11-13-25-21(15-19)23(17-30(25)9)27(35(32,33-28(3,4)5)34-29(6,7)8)24-18-31(10)26-14-12-20(2)16-22(24)26/h11-18,27H,1-10H3. The Morgan fingerprint density at radius 1 is 0.714 bits per heavy atom. The summed E-state index contributed by atoms with van der Waals surface area (Å²) in [6.45, 7) is 15.8. The lowest BCUT2D eigenvalue weighted by atomic mass is 10.0. The van der Waals surface area contributed by atoms with Gasteiger partial charge in [0.2, 0.25) is 0 Å². The van der Waals surface area contributed by atoms with Gasteiger partial charge in [0, 0.05) is 48.3 Å². The minimum atomic E-state index is -3.76. The molecule has 2 heterocycles. The van der Waals surface area contributed by atoms with E-state index in [0.717, 1.165) is 44.1 Å². The van der Waals surface area contributed by atoms with E-state index in [0.29, 0.717) is 0 Å². The van der Waals surface area contributed by atoms with E-state index in [2.05, 4.69) is 71.8 Å². The average Bonchev–Trinajstić information content (AvgIpc) is 3.15. The molecule has 0 atom stereocenters. The van der Waals surface area contributed by atoms with Crippen LogP contribution in [0, 0.1) is 13.8 Å². The Kier molecular flexibility index (Phi) is 6.37. The van der Waals surface area contributed by atoms with Crippen LogP contribution in [0.4, 0.5) is 0 Å². The van der Waals surface area contributed by atoms with Gasteiger partial charge in [-0.05, 0) is 90.8 Å². The Hall–Kier alpha value is -2.33. The zero-order chi connectivity index (χ0) is 25.9. The van der Waals surface area contributed by atoms with Crippen LogP contribution in [0.2, 0.25) is 0 Å². The summed E-state index contributed by atoms with van der Waals surface area (Å²) >= 11 is 0. The van der Waals surface area contributed by atoms with Gasteiger partial charge in [0.15, 0.2) is 0 Å². The maximum absolute atomic E-state index is 15.2. The molecule has 35 heavy (non-hydrogen) atoms. The quantitative estimate of drug-likeness (QED) is 0.263. The molecule has 0 unspecified atom stereocenters. The van der Waals surface area contributed by atoms with E-state index >= 15 is 4.57 Å². The summed E-state index contributed by atoms with van der Waals surface area (Å²) in [7, 11) is 0.311. The van der Waals surface area contributed by atoms with E-state index in [4.69, 9.17) is 9.05 Å². The zero-order valence-electron chi connectivity index (χ0n) is 22.8. The van der Waals surface area contributed by atoms with Crippen LogP contribution in [0.25, 0.3) is 21.8 Å². The number of aromatic nitrogens is 2. The van der Waals surface area contributed by atoms with Crippen molar-refractivity contribution in [2.45, 2.75) is 72.3 Å². The maximum atomic E-state index is 15.2. The fourth-order valence-corrected chi connectivity index (χ4v) is 7.77. The predicted octanol–water partition coefficient (Wildman–Crippen LogP) is 8.20. The molecular weight excluding hydrogens is 455 g/mol. The van der Waals surface area contributed by atoms with Crippen LogP contribution in [0.1, 0.15) is 69.5 Å². The molecule has 0 saturated heterocycles. The number of hydrogen-bond donors (Lipinski definition) is 0. The van der Waals surface area contributed by atoms with Gasteiger partial charge in [-0.2, -0.15) is 0 Å². The third-order valence-corrected chi connectivity index (χ3v) is 8.85. The number of fused-ring (bicyclic) bond motifs is 2. The zero-order valence-corrected chi connectivity index (χ0v) is 23.7. The van der Waals surface area contributed by atoms with Crippen LogP contribution in [0.15, 0.2) is 48.8 Å². The molecule has 188 valence electrons. The Labute approximate surface area is 209 Å². The molecule has 0 amide bonds. The highest BCUT2D eigenvalue weighted by atomic mass is 31.2. The van der Waals surface area contributed by atoms with Gasteiger partial charge in [-0.25, -0.2) is 0 Å². The van der Waals surface area contributed by atoms with E-state index in [-0.39, 0.29) is 0 Å². The highest BCUT2D eigenvalue weighted by Crippen LogP contribution is 2.68. The first-order chi connectivity index (χ1) is 16.1. The summed E-state index contributed by atoms with van der Waals surface area (Å²) in [4.78, 5) is 0. The first kappa shape index (κ1) is 25.8. The van der Waals surface area contributed by atoms with E-state index in [9.17, 15) is 0 Å². The predicted molar refractivity (Wildman–Crippen MR) is 146 cm³/mol. The second kappa shape index (κ2) is 8.65. The lowest BCUT2D eigenvalue weighted by molar-refractivity contribution is 0.0465. The van der Waals surface area contributed by atoms with E-state index < -0.39 is 24.5 Å². The summed E-state index contributed by atoms with van der Waals surface area (Å²) in [5.41, 5.74) is 4.46. The average molecular weight is 495 g/mol. The highest BCUT2D eigenvalue weighted by molar-refractivity contribution is 7.54.